The topological polar surface area (TPSA) is 33.1 Å². The molecule has 0 saturated heterocycles. The third-order valence-corrected chi connectivity index (χ3v) is 4.83. The van der Waals surface area contributed by atoms with Crippen LogP contribution >= 0.6 is 0 Å². The van der Waals surface area contributed by atoms with Crippen molar-refractivity contribution in [2.24, 2.45) is 5.92 Å². The van der Waals surface area contributed by atoms with Crippen LogP contribution in [0.1, 0.15) is 50.5 Å². The Bertz CT molecular complexity index is 569. The molecule has 1 fully saturated rings. The van der Waals surface area contributed by atoms with Gasteiger partial charge in [-0.15, -0.1) is 0 Å². The maximum atomic E-state index is 10.4. The van der Waals surface area contributed by atoms with E-state index in [1.165, 1.54) is 49.5 Å². The summed E-state index contributed by atoms with van der Waals surface area (Å²) in [5.41, 5.74) is 2.24. The van der Waals surface area contributed by atoms with E-state index >= 15 is 0 Å². The zero-order chi connectivity index (χ0) is 14.5. The minimum atomic E-state index is -0.224. The van der Waals surface area contributed by atoms with Gasteiger partial charge in [0.25, 0.3) is 0 Å². The maximum Gasteiger partial charge on any atom is 0.0704 e. The molecule has 1 aliphatic carbocycles. The highest BCUT2D eigenvalue weighted by molar-refractivity contribution is 5.81. The first-order valence-corrected chi connectivity index (χ1v) is 8.33. The van der Waals surface area contributed by atoms with Gasteiger partial charge in [-0.05, 0) is 42.9 Å². The van der Waals surface area contributed by atoms with Crippen LogP contribution in [0.5, 0.6) is 0 Å². The van der Waals surface area contributed by atoms with Crippen molar-refractivity contribution in [1.82, 2.24) is 4.98 Å². The van der Waals surface area contributed by atoms with Crippen LogP contribution in [0.25, 0.3) is 10.9 Å². The molecule has 0 amide bonds. The smallest absolute Gasteiger partial charge is 0.0704 e. The number of aromatic nitrogens is 1. The fourth-order valence-electron chi connectivity index (χ4n) is 3.59. The Morgan fingerprint density at radius 3 is 2.76 bits per heavy atom. The van der Waals surface area contributed by atoms with Crippen molar-refractivity contribution in [1.29, 1.82) is 0 Å². The van der Waals surface area contributed by atoms with Crippen LogP contribution in [0.2, 0.25) is 0 Å². The summed E-state index contributed by atoms with van der Waals surface area (Å²) in [6.07, 6.45) is 11.4. The second-order valence-electron chi connectivity index (χ2n) is 6.43. The summed E-state index contributed by atoms with van der Waals surface area (Å²) < 4.78 is 0. The molecule has 0 spiro atoms. The van der Waals surface area contributed by atoms with Gasteiger partial charge >= 0.3 is 0 Å². The molecule has 1 heterocycles. The van der Waals surface area contributed by atoms with Crippen LogP contribution in [0, 0.1) is 5.92 Å². The number of benzene rings is 1. The standard InChI is InChI=1S/C19H25NO/c21-17(11-10-15-6-2-1-3-7-15)14-16-12-13-20-19-9-5-4-8-18(16)19/h4-5,8-9,12-13,15,17,21H,1-3,6-7,10-11,14H2. The van der Waals surface area contributed by atoms with Gasteiger partial charge in [0.1, 0.15) is 0 Å². The number of fused-ring (bicyclic) bond motifs is 1. The molecular formula is C19H25NO. The van der Waals surface area contributed by atoms with E-state index in [1.54, 1.807) is 0 Å². The highest BCUT2D eigenvalue weighted by Gasteiger charge is 2.16. The molecule has 1 unspecified atom stereocenters. The van der Waals surface area contributed by atoms with Crippen LogP contribution in [-0.4, -0.2) is 16.2 Å². The number of para-hydroxylation sites is 1. The molecule has 2 nitrogen and oxygen atoms in total. The summed E-state index contributed by atoms with van der Waals surface area (Å²) in [5.74, 6) is 0.850. The van der Waals surface area contributed by atoms with Crippen molar-refractivity contribution < 1.29 is 5.11 Å². The van der Waals surface area contributed by atoms with Crippen LogP contribution < -0.4 is 0 Å². The fraction of sp³-hybridized carbons (Fsp3) is 0.526. The van der Waals surface area contributed by atoms with Gasteiger partial charge in [0, 0.05) is 11.6 Å². The molecule has 2 heteroatoms. The number of aliphatic hydroxyl groups excluding tert-OH is 1. The lowest BCUT2D eigenvalue weighted by Crippen LogP contribution is -2.14. The molecule has 0 aliphatic heterocycles. The fourth-order valence-corrected chi connectivity index (χ4v) is 3.59. The van der Waals surface area contributed by atoms with Crippen molar-refractivity contribution >= 4 is 10.9 Å². The van der Waals surface area contributed by atoms with Crippen LogP contribution in [-0.2, 0) is 6.42 Å². The van der Waals surface area contributed by atoms with Crippen molar-refractivity contribution in [2.45, 2.75) is 57.5 Å². The summed E-state index contributed by atoms with van der Waals surface area (Å²) >= 11 is 0. The van der Waals surface area contributed by atoms with Crippen molar-refractivity contribution in [2.75, 3.05) is 0 Å². The first-order chi connectivity index (χ1) is 10.3. The van der Waals surface area contributed by atoms with Gasteiger partial charge in [0.05, 0.1) is 11.6 Å². The van der Waals surface area contributed by atoms with E-state index in [1.807, 2.05) is 30.5 Å². The highest BCUT2D eigenvalue weighted by atomic mass is 16.3. The Morgan fingerprint density at radius 1 is 1.10 bits per heavy atom. The van der Waals surface area contributed by atoms with Crippen LogP contribution in [0.4, 0.5) is 0 Å². The van der Waals surface area contributed by atoms with Gasteiger partial charge in [-0.25, -0.2) is 0 Å². The number of hydrogen-bond donors (Lipinski definition) is 1. The van der Waals surface area contributed by atoms with Gasteiger partial charge < -0.3 is 5.11 Å². The molecule has 1 aromatic heterocycles. The molecule has 1 atom stereocenters. The third-order valence-electron chi connectivity index (χ3n) is 4.83. The molecule has 2 aromatic rings. The molecule has 3 rings (SSSR count). The second kappa shape index (κ2) is 7.04. The zero-order valence-electron chi connectivity index (χ0n) is 12.7. The number of hydrogen-bond acceptors (Lipinski definition) is 2. The van der Waals surface area contributed by atoms with E-state index in [4.69, 9.17) is 0 Å². The lowest BCUT2D eigenvalue weighted by atomic mass is 9.85. The molecule has 1 aliphatic rings. The first kappa shape index (κ1) is 14.5. The van der Waals surface area contributed by atoms with E-state index in [0.717, 1.165) is 24.3 Å². The molecular weight excluding hydrogens is 258 g/mol. The average Bonchev–Trinajstić information content (AvgIpc) is 2.54. The molecule has 1 N–H and O–H groups in total. The lowest BCUT2D eigenvalue weighted by Gasteiger charge is -2.22. The second-order valence-corrected chi connectivity index (χ2v) is 6.43. The maximum absolute atomic E-state index is 10.4. The average molecular weight is 283 g/mol. The largest absolute Gasteiger partial charge is 0.393 e. The van der Waals surface area contributed by atoms with Gasteiger partial charge in [-0.2, -0.15) is 0 Å². The monoisotopic (exact) mass is 283 g/mol. The first-order valence-electron chi connectivity index (χ1n) is 8.33. The Kier molecular flexibility index (Phi) is 4.87. The predicted octanol–water partition coefficient (Wildman–Crippen LogP) is 4.50. The summed E-state index contributed by atoms with van der Waals surface area (Å²) in [7, 11) is 0. The van der Waals surface area contributed by atoms with Crippen LogP contribution in [0.15, 0.2) is 36.5 Å². The number of aliphatic hydroxyl groups is 1. The molecule has 1 saturated carbocycles. The highest BCUT2D eigenvalue weighted by Crippen LogP contribution is 2.28. The number of nitrogens with zero attached hydrogens (tertiary/aromatic N) is 1. The minimum absolute atomic E-state index is 0.224. The van der Waals surface area contributed by atoms with Gasteiger partial charge in [0.15, 0.2) is 0 Å². The Hall–Kier alpha value is -1.41. The van der Waals surface area contributed by atoms with E-state index in [0.29, 0.717) is 0 Å². The van der Waals surface area contributed by atoms with Gasteiger partial charge in [-0.3, -0.25) is 4.98 Å². The quantitative estimate of drug-likeness (QED) is 0.876. The SMILES string of the molecule is OC(CCC1CCCCC1)Cc1ccnc2ccccc12. The van der Waals surface area contributed by atoms with Gasteiger partial charge in [-0.1, -0.05) is 50.3 Å². The van der Waals surface area contributed by atoms with Crippen LogP contribution in [0.3, 0.4) is 0 Å². The van der Waals surface area contributed by atoms with Crippen molar-refractivity contribution in [3.05, 3.63) is 42.1 Å². The molecule has 0 radical (unpaired) electrons. The van der Waals surface area contributed by atoms with E-state index in [9.17, 15) is 5.11 Å². The number of rotatable bonds is 5. The normalized spacial score (nSPS) is 18.0. The van der Waals surface area contributed by atoms with Crippen molar-refractivity contribution in [3.8, 4) is 0 Å². The Morgan fingerprint density at radius 2 is 1.90 bits per heavy atom. The van der Waals surface area contributed by atoms with Gasteiger partial charge in [0.2, 0.25) is 0 Å². The molecule has 112 valence electrons. The summed E-state index contributed by atoms with van der Waals surface area (Å²) in [4.78, 5) is 4.39. The predicted molar refractivity (Wildman–Crippen MR) is 87.3 cm³/mol. The molecule has 1 aromatic carbocycles. The minimum Gasteiger partial charge on any atom is -0.393 e. The summed E-state index contributed by atoms with van der Waals surface area (Å²) in [6.45, 7) is 0. The van der Waals surface area contributed by atoms with E-state index in [2.05, 4.69) is 11.1 Å². The Balaban J connectivity index is 1.59. The molecule has 0 bridgehead atoms. The van der Waals surface area contributed by atoms with E-state index in [-0.39, 0.29) is 6.10 Å². The summed E-state index contributed by atoms with van der Waals surface area (Å²) in [5, 5.41) is 11.5. The summed E-state index contributed by atoms with van der Waals surface area (Å²) in [6, 6.07) is 10.2. The Labute approximate surface area is 127 Å². The van der Waals surface area contributed by atoms with E-state index < -0.39 is 0 Å². The third kappa shape index (κ3) is 3.82. The zero-order valence-corrected chi connectivity index (χ0v) is 12.7. The number of pyridine rings is 1. The molecule has 21 heavy (non-hydrogen) atoms. The lowest BCUT2D eigenvalue weighted by molar-refractivity contribution is 0.150. The van der Waals surface area contributed by atoms with Crippen molar-refractivity contribution in [3.63, 3.8) is 0 Å².